The molecule has 0 aliphatic carbocycles. The van der Waals surface area contributed by atoms with Crippen LogP contribution in [0.2, 0.25) is 0 Å². The van der Waals surface area contributed by atoms with Crippen molar-refractivity contribution in [1.82, 2.24) is 0 Å². The second kappa shape index (κ2) is 1.39. The molecule has 0 aromatic carbocycles. The first kappa shape index (κ1) is 5.44. The Morgan fingerprint density at radius 3 is 2.50 bits per heavy atom. The molecule has 1 rings (SSSR count). The first-order valence-electron chi connectivity index (χ1n) is 2.45. The van der Waals surface area contributed by atoms with Crippen LogP contribution >= 0.6 is 0 Å². The monoisotopic (exact) mass is 112 g/mol. The van der Waals surface area contributed by atoms with Gasteiger partial charge in [-0.2, -0.15) is 5.11 Å². The fourth-order valence-corrected chi connectivity index (χ4v) is 0.634. The maximum Gasteiger partial charge on any atom is 0.194 e. The zero-order valence-electron chi connectivity index (χ0n) is 4.92. The molecular formula is C5H8N2O. The van der Waals surface area contributed by atoms with E-state index in [9.17, 15) is 0 Å². The summed E-state index contributed by atoms with van der Waals surface area (Å²) in [6.45, 7) is 3.39. The maximum absolute atomic E-state index is 9.03. The van der Waals surface area contributed by atoms with Crippen molar-refractivity contribution in [2.24, 2.45) is 10.2 Å². The van der Waals surface area contributed by atoms with Crippen molar-refractivity contribution in [1.29, 1.82) is 0 Å². The third-order valence-corrected chi connectivity index (χ3v) is 0.893. The number of hydrogen-bond acceptors (Lipinski definition) is 3. The van der Waals surface area contributed by atoms with Gasteiger partial charge in [0.2, 0.25) is 0 Å². The summed E-state index contributed by atoms with van der Waals surface area (Å²) in [4.78, 5) is 0. The zero-order chi connectivity index (χ0) is 6.20. The van der Waals surface area contributed by atoms with Gasteiger partial charge in [0.05, 0.1) is 5.70 Å². The predicted molar refractivity (Wildman–Crippen MR) is 29.2 cm³/mol. The van der Waals surface area contributed by atoms with Gasteiger partial charge in [-0.15, -0.1) is 5.11 Å². The van der Waals surface area contributed by atoms with E-state index in [1.54, 1.807) is 19.9 Å². The minimum Gasteiger partial charge on any atom is -0.365 e. The van der Waals surface area contributed by atoms with Crippen molar-refractivity contribution < 1.29 is 5.11 Å². The first-order chi connectivity index (χ1) is 3.60. The van der Waals surface area contributed by atoms with E-state index in [1.165, 1.54) is 0 Å². The largest absolute Gasteiger partial charge is 0.365 e. The fraction of sp³-hybridized carbons (Fsp3) is 0.600. The normalized spacial score (nSPS) is 35.6. The molecule has 0 aromatic heterocycles. The Balaban J connectivity index is 2.84. The summed E-state index contributed by atoms with van der Waals surface area (Å²) in [7, 11) is 0. The molecule has 0 saturated heterocycles. The first-order valence-corrected chi connectivity index (χ1v) is 2.45. The molecule has 1 atom stereocenters. The lowest BCUT2D eigenvalue weighted by molar-refractivity contribution is 0.120. The van der Waals surface area contributed by atoms with Gasteiger partial charge in [0, 0.05) is 0 Å². The Morgan fingerprint density at radius 1 is 1.75 bits per heavy atom. The summed E-state index contributed by atoms with van der Waals surface area (Å²) >= 11 is 0. The van der Waals surface area contributed by atoms with Crippen molar-refractivity contribution in [2.75, 3.05) is 0 Å². The van der Waals surface area contributed by atoms with E-state index < -0.39 is 5.72 Å². The third kappa shape index (κ3) is 0.924. The molecule has 0 spiro atoms. The maximum atomic E-state index is 9.03. The van der Waals surface area contributed by atoms with E-state index in [4.69, 9.17) is 5.11 Å². The summed E-state index contributed by atoms with van der Waals surface area (Å²) in [6, 6.07) is 0. The van der Waals surface area contributed by atoms with Crippen LogP contribution in [0, 0.1) is 0 Å². The summed E-state index contributed by atoms with van der Waals surface area (Å²) < 4.78 is 0. The summed E-state index contributed by atoms with van der Waals surface area (Å²) in [5.41, 5.74) is -0.264. The number of azo groups is 1. The Hall–Kier alpha value is -0.700. The van der Waals surface area contributed by atoms with Crippen molar-refractivity contribution in [3.05, 3.63) is 11.8 Å². The zero-order valence-corrected chi connectivity index (χ0v) is 4.92. The van der Waals surface area contributed by atoms with Crippen LogP contribution in [0.25, 0.3) is 0 Å². The molecular weight excluding hydrogens is 104 g/mol. The number of aliphatic hydroxyl groups is 1. The lowest BCUT2D eigenvalue weighted by Gasteiger charge is -2.03. The molecule has 8 heavy (non-hydrogen) atoms. The van der Waals surface area contributed by atoms with Crippen LogP contribution in [0.5, 0.6) is 0 Å². The van der Waals surface area contributed by atoms with Gasteiger partial charge in [-0.3, -0.25) is 0 Å². The van der Waals surface area contributed by atoms with Crippen LogP contribution in [0.4, 0.5) is 0 Å². The molecule has 1 heterocycles. The summed E-state index contributed by atoms with van der Waals surface area (Å²) in [5.74, 6) is 0. The molecule has 1 aliphatic heterocycles. The predicted octanol–water partition coefficient (Wildman–Crippen LogP) is 1.06. The Labute approximate surface area is 47.7 Å². The lowest BCUT2D eigenvalue weighted by atomic mass is 10.2. The van der Waals surface area contributed by atoms with E-state index >= 15 is 0 Å². The van der Waals surface area contributed by atoms with E-state index in [1.807, 2.05) is 0 Å². The molecule has 44 valence electrons. The van der Waals surface area contributed by atoms with E-state index in [-0.39, 0.29) is 0 Å². The van der Waals surface area contributed by atoms with Gasteiger partial charge in [-0.25, -0.2) is 0 Å². The van der Waals surface area contributed by atoms with E-state index in [0.29, 0.717) is 0 Å². The molecule has 0 fully saturated rings. The molecule has 0 saturated carbocycles. The van der Waals surface area contributed by atoms with Crippen LogP contribution in [-0.4, -0.2) is 10.8 Å². The van der Waals surface area contributed by atoms with Gasteiger partial charge >= 0.3 is 0 Å². The summed E-state index contributed by atoms with van der Waals surface area (Å²) in [5, 5.41) is 16.2. The third-order valence-electron chi connectivity index (χ3n) is 0.893. The standard InChI is InChI=1S/C5H8N2O/c1-4-3-5(2,8)7-6-4/h3,8H,1-2H3. The molecule has 3 heteroatoms. The van der Waals surface area contributed by atoms with Gasteiger partial charge in [0.25, 0.3) is 0 Å². The highest BCUT2D eigenvalue weighted by atomic mass is 16.3. The van der Waals surface area contributed by atoms with Crippen molar-refractivity contribution in [2.45, 2.75) is 19.6 Å². The number of allylic oxidation sites excluding steroid dienone is 1. The van der Waals surface area contributed by atoms with Gasteiger partial charge in [0.1, 0.15) is 0 Å². The topological polar surface area (TPSA) is 45.0 Å². The van der Waals surface area contributed by atoms with Crippen molar-refractivity contribution in [3.63, 3.8) is 0 Å². The highest BCUT2D eigenvalue weighted by molar-refractivity contribution is 5.08. The average Bonchev–Trinajstić information content (AvgIpc) is 1.82. The molecule has 1 aliphatic rings. The van der Waals surface area contributed by atoms with E-state index in [0.717, 1.165) is 5.70 Å². The van der Waals surface area contributed by atoms with E-state index in [2.05, 4.69) is 10.2 Å². The van der Waals surface area contributed by atoms with Crippen LogP contribution in [0.15, 0.2) is 22.0 Å². The van der Waals surface area contributed by atoms with Gasteiger partial charge in [-0.1, -0.05) is 0 Å². The summed E-state index contributed by atoms with van der Waals surface area (Å²) in [6.07, 6.45) is 1.60. The van der Waals surface area contributed by atoms with Crippen LogP contribution in [0.1, 0.15) is 13.8 Å². The molecule has 0 bridgehead atoms. The number of hydrogen-bond donors (Lipinski definition) is 1. The Morgan fingerprint density at radius 2 is 2.38 bits per heavy atom. The second-order valence-electron chi connectivity index (χ2n) is 2.08. The Kier molecular flexibility index (Phi) is 0.942. The molecule has 0 aromatic rings. The van der Waals surface area contributed by atoms with Gasteiger partial charge in [-0.05, 0) is 19.9 Å². The minimum atomic E-state index is -1.04. The van der Waals surface area contributed by atoms with Crippen molar-refractivity contribution in [3.8, 4) is 0 Å². The molecule has 3 nitrogen and oxygen atoms in total. The lowest BCUT2D eigenvalue weighted by Crippen LogP contribution is -2.13. The average molecular weight is 112 g/mol. The highest BCUT2D eigenvalue weighted by Crippen LogP contribution is 2.19. The Bertz CT molecular complexity index is 158. The quantitative estimate of drug-likeness (QED) is 0.500. The van der Waals surface area contributed by atoms with Crippen LogP contribution in [0.3, 0.4) is 0 Å². The highest BCUT2D eigenvalue weighted by Gasteiger charge is 2.19. The van der Waals surface area contributed by atoms with Gasteiger partial charge < -0.3 is 5.11 Å². The smallest absolute Gasteiger partial charge is 0.194 e. The van der Waals surface area contributed by atoms with Crippen LogP contribution in [-0.2, 0) is 0 Å². The molecule has 0 amide bonds. The second-order valence-corrected chi connectivity index (χ2v) is 2.08. The van der Waals surface area contributed by atoms with Gasteiger partial charge in [0.15, 0.2) is 5.72 Å². The molecule has 1 N–H and O–H groups in total. The minimum absolute atomic E-state index is 0.773. The number of rotatable bonds is 0. The fourth-order valence-electron chi connectivity index (χ4n) is 0.634. The SMILES string of the molecule is CC1=CC(C)(O)N=N1. The van der Waals surface area contributed by atoms with Crippen LogP contribution < -0.4 is 0 Å². The number of nitrogens with zero attached hydrogens (tertiary/aromatic N) is 2. The molecule has 1 unspecified atom stereocenters. The molecule has 0 radical (unpaired) electrons. The van der Waals surface area contributed by atoms with Crippen molar-refractivity contribution >= 4 is 0 Å².